The van der Waals surface area contributed by atoms with Crippen molar-refractivity contribution < 1.29 is 13.9 Å². The molecule has 0 spiro atoms. The van der Waals surface area contributed by atoms with Crippen LogP contribution in [-0.2, 0) is 11.3 Å². The number of benzene rings is 1. The van der Waals surface area contributed by atoms with Crippen molar-refractivity contribution in [3.8, 4) is 0 Å². The second-order valence-electron chi connectivity index (χ2n) is 7.41. The number of furan rings is 1. The standard InChI is InChI=1S/C18H21N3O3/c1-18(2,3)24-17(22)20-9-12(10-20)11-21-16-13(8-19-21)4-5-15-14(16)6-7-23-15/h4-8,12H,9-11H2,1-3H3. The van der Waals surface area contributed by atoms with E-state index in [1.807, 2.05) is 49.8 Å². The molecule has 0 saturated carbocycles. The molecule has 1 amide bonds. The Kier molecular flexibility index (Phi) is 3.30. The fraction of sp³-hybridized carbons (Fsp3) is 0.444. The van der Waals surface area contributed by atoms with Crippen molar-refractivity contribution in [3.63, 3.8) is 0 Å². The quantitative estimate of drug-likeness (QED) is 0.721. The predicted octanol–water partition coefficient (Wildman–Crippen LogP) is 3.65. The largest absolute Gasteiger partial charge is 0.464 e. The topological polar surface area (TPSA) is 60.5 Å². The van der Waals surface area contributed by atoms with Gasteiger partial charge in [0.05, 0.1) is 18.0 Å². The molecule has 0 unspecified atom stereocenters. The molecule has 1 fully saturated rings. The van der Waals surface area contributed by atoms with Crippen LogP contribution in [0.3, 0.4) is 0 Å². The third-order valence-electron chi connectivity index (χ3n) is 4.27. The number of hydrogen-bond donors (Lipinski definition) is 0. The van der Waals surface area contributed by atoms with E-state index < -0.39 is 5.60 Å². The summed E-state index contributed by atoms with van der Waals surface area (Å²) in [5, 5.41) is 6.70. The molecule has 4 rings (SSSR count). The highest BCUT2D eigenvalue weighted by atomic mass is 16.6. The fourth-order valence-corrected chi connectivity index (χ4v) is 3.17. The Labute approximate surface area is 140 Å². The molecular formula is C18H21N3O3. The summed E-state index contributed by atoms with van der Waals surface area (Å²) in [6.45, 7) is 7.85. The zero-order valence-electron chi connectivity index (χ0n) is 14.2. The first-order valence-electron chi connectivity index (χ1n) is 8.20. The number of hydrogen-bond acceptors (Lipinski definition) is 4. The summed E-state index contributed by atoms with van der Waals surface area (Å²) in [6, 6.07) is 5.97. The van der Waals surface area contributed by atoms with Gasteiger partial charge < -0.3 is 14.1 Å². The summed E-state index contributed by atoms with van der Waals surface area (Å²) in [6.07, 6.45) is 3.35. The molecule has 0 atom stereocenters. The Morgan fingerprint density at radius 3 is 2.88 bits per heavy atom. The van der Waals surface area contributed by atoms with Gasteiger partial charge in [-0.05, 0) is 39.0 Å². The summed E-state index contributed by atoms with van der Waals surface area (Å²) >= 11 is 0. The van der Waals surface area contributed by atoms with E-state index in [4.69, 9.17) is 9.15 Å². The van der Waals surface area contributed by atoms with Crippen molar-refractivity contribution in [2.75, 3.05) is 13.1 Å². The molecule has 24 heavy (non-hydrogen) atoms. The summed E-state index contributed by atoms with van der Waals surface area (Å²) in [5.74, 6) is 0.391. The van der Waals surface area contributed by atoms with Crippen molar-refractivity contribution in [1.82, 2.24) is 14.7 Å². The van der Waals surface area contributed by atoms with Crippen molar-refractivity contribution in [3.05, 3.63) is 30.7 Å². The molecule has 6 nitrogen and oxygen atoms in total. The van der Waals surface area contributed by atoms with Crippen LogP contribution in [0.25, 0.3) is 21.9 Å². The van der Waals surface area contributed by atoms with E-state index in [9.17, 15) is 4.79 Å². The van der Waals surface area contributed by atoms with E-state index in [0.29, 0.717) is 19.0 Å². The van der Waals surface area contributed by atoms with Gasteiger partial charge in [0.25, 0.3) is 0 Å². The molecule has 0 N–H and O–H groups in total. The lowest BCUT2D eigenvalue weighted by Gasteiger charge is -2.39. The number of amides is 1. The van der Waals surface area contributed by atoms with Gasteiger partial charge in [0.1, 0.15) is 11.2 Å². The van der Waals surface area contributed by atoms with E-state index in [0.717, 1.165) is 28.4 Å². The van der Waals surface area contributed by atoms with Crippen LogP contribution < -0.4 is 0 Å². The van der Waals surface area contributed by atoms with Crippen LogP contribution in [0.4, 0.5) is 4.79 Å². The molecule has 1 aliphatic rings. The molecule has 6 heteroatoms. The number of rotatable bonds is 2. The summed E-state index contributed by atoms with van der Waals surface area (Å²) in [7, 11) is 0. The Balaban J connectivity index is 1.47. The number of ether oxygens (including phenoxy) is 1. The van der Waals surface area contributed by atoms with Gasteiger partial charge in [-0.3, -0.25) is 4.68 Å². The van der Waals surface area contributed by atoms with E-state index in [2.05, 4.69) is 5.10 Å². The van der Waals surface area contributed by atoms with Crippen LogP contribution >= 0.6 is 0 Å². The highest BCUT2D eigenvalue weighted by Gasteiger charge is 2.34. The van der Waals surface area contributed by atoms with E-state index in [-0.39, 0.29) is 6.09 Å². The summed E-state index contributed by atoms with van der Waals surface area (Å²) in [4.78, 5) is 13.8. The van der Waals surface area contributed by atoms with Gasteiger partial charge in [0.2, 0.25) is 0 Å². The average molecular weight is 327 g/mol. The number of carbonyl (C=O) groups is 1. The lowest BCUT2D eigenvalue weighted by molar-refractivity contribution is -0.00363. The van der Waals surface area contributed by atoms with Crippen LogP contribution in [0.2, 0.25) is 0 Å². The molecule has 1 aliphatic heterocycles. The smallest absolute Gasteiger partial charge is 0.410 e. The first-order chi connectivity index (χ1) is 11.4. The van der Waals surface area contributed by atoms with Crippen molar-refractivity contribution in [1.29, 1.82) is 0 Å². The Bertz CT molecular complexity index is 897. The minimum atomic E-state index is -0.451. The third-order valence-corrected chi connectivity index (χ3v) is 4.27. The minimum absolute atomic E-state index is 0.235. The molecule has 1 saturated heterocycles. The second kappa shape index (κ2) is 5.26. The lowest BCUT2D eigenvalue weighted by Crippen LogP contribution is -2.52. The maximum atomic E-state index is 12.0. The van der Waals surface area contributed by atoms with Gasteiger partial charge in [0.15, 0.2) is 0 Å². The van der Waals surface area contributed by atoms with Crippen molar-refractivity contribution in [2.24, 2.45) is 5.92 Å². The lowest BCUT2D eigenvalue weighted by atomic mass is 10.0. The normalized spacial score (nSPS) is 15.9. The van der Waals surface area contributed by atoms with Crippen LogP contribution in [0.15, 0.2) is 35.1 Å². The van der Waals surface area contributed by atoms with E-state index >= 15 is 0 Å². The maximum absolute atomic E-state index is 12.0. The molecule has 2 aromatic heterocycles. The molecule has 3 aromatic rings. The number of carbonyl (C=O) groups excluding carboxylic acids is 1. The SMILES string of the molecule is CC(C)(C)OC(=O)N1CC(Cn2ncc3ccc4occc4c32)C1. The number of likely N-dealkylation sites (tertiary alicyclic amines) is 1. The molecular weight excluding hydrogens is 306 g/mol. The Hall–Kier alpha value is -2.50. The van der Waals surface area contributed by atoms with Gasteiger partial charge in [-0.15, -0.1) is 0 Å². The maximum Gasteiger partial charge on any atom is 0.410 e. The minimum Gasteiger partial charge on any atom is -0.464 e. The van der Waals surface area contributed by atoms with Crippen LogP contribution in [0.5, 0.6) is 0 Å². The van der Waals surface area contributed by atoms with Gasteiger partial charge in [-0.1, -0.05) is 0 Å². The molecule has 0 bridgehead atoms. The van der Waals surface area contributed by atoms with Gasteiger partial charge >= 0.3 is 6.09 Å². The second-order valence-corrected chi connectivity index (χ2v) is 7.41. The van der Waals surface area contributed by atoms with E-state index in [1.54, 1.807) is 11.2 Å². The number of aromatic nitrogens is 2. The molecule has 126 valence electrons. The van der Waals surface area contributed by atoms with Crippen LogP contribution in [0, 0.1) is 5.92 Å². The summed E-state index contributed by atoms with van der Waals surface area (Å²) in [5.41, 5.74) is 1.51. The first kappa shape index (κ1) is 15.1. The Morgan fingerprint density at radius 2 is 2.12 bits per heavy atom. The molecule has 0 radical (unpaired) electrons. The highest BCUT2D eigenvalue weighted by Crippen LogP contribution is 2.28. The molecule has 1 aromatic carbocycles. The highest BCUT2D eigenvalue weighted by molar-refractivity contribution is 6.03. The monoisotopic (exact) mass is 327 g/mol. The van der Waals surface area contributed by atoms with Crippen LogP contribution in [-0.4, -0.2) is 39.5 Å². The van der Waals surface area contributed by atoms with Gasteiger partial charge in [0, 0.05) is 36.3 Å². The van der Waals surface area contributed by atoms with Crippen molar-refractivity contribution in [2.45, 2.75) is 32.9 Å². The molecule has 3 heterocycles. The molecule has 0 aliphatic carbocycles. The van der Waals surface area contributed by atoms with Gasteiger partial charge in [-0.2, -0.15) is 5.10 Å². The Morgan fingerprint density at radius 1 is 1.33 bits per heavy atom. The van der Waals surface area contributed by atoms with Crippen molar-refractivity contribution >= 4 is 28.0 Å². The fourth-order valence-electron chi connectivity index (χ4n) is 3.17. The number of nitrogens with zero attached hydrogens (tertiary/aromatic N) is 3. The zero-order chi connectivity index (χ0) is 16.9. The number of fused-ring (bicyclic) bond motifs is 3. The van der Waals surface area contributed by atoms with E-state index in [1.165, 1.54) is 0 Å². The van der Waals surface area contributed by atoms with Crippen LogP contribution in [0.1, 0.15) is 20.8 Å². The zero-order valence-corrected chi connectivity index (χ0v) is 14.2. The predicted molar refractivity (Wildman–Crippen MR) is 90.8 cm³/mol. The first-order valence-corrected chi connectivity index (χ1v) is 8.20. The average Bonchev–Trinajstić information content (AvgIpc) is 3.05. The summed E-state index contributed by atoms with van der Waals surface area (Å²) < 4.78 is 12.9. The third kappa shape index (κ3) is 2.62. The van der Waals surface area contributed by atoms with Gasteiger partial charge in [-0.25, -0.2) is 4.79 Å².